The first-order valence-electron chi connectivity index (χ1n) is 7.29. The summed E-state index contributed by atoms with van der Waals surface area (Å²) in [7, 11) is 0. The maximum atomic E-state index is 12.3. The number of aryl methyl sites for hydroxylation is 1. The smallest absolute Gasteiger partial charge is 0.266 e. The highest BCUT2D eigenvalue weighted by Gasteiger charge is 2.28. The average Bonchev–Trinajstić information content (AvgIpc) is 3.00. The van der Waals surface area contributed by atoms with Gasteiger partial charge in [-0.25, -0.2) is 5.10 Å². The molecule has 1 fully saturated rings. The SMILES string of the molecule is Cc1ccc(NC(=O)C2CCN(c3cn[nH]c(=O)c3)C2)cc1. The van der Waals surface area contributed by atoms with E-state index in [1.165, 1.54) is 6.07 Å². The molecule has 0 aliphatic carbocycles. The van der Waals surface area contributed by atoms with Gasteiger partial charge in [0.1, 0.15) is 0 Å². The summed E-state index contributed by atoms with van der Waals surface area (Å²) >= 11 is 0. The van der Waals surface area contributed by atoms with Crippen LogP contribution in [-0.4, -0.2) is 29.2 Å². The number of nitrogens with one attached hydrogen (secondary N) is 2. The standard InChI is InChI=1S/C16H18N4O2/c1-11-2-4-13(5-3-11)18-16(22)12-6-7-20(10-12)14-8-15(21)19-17-9-14/h2-5,8-9,12H,6-7,10H2,1H3,(H,18,22)(H,19,21). The van der Waals surface area contributed by atoms with Gasteiger partial charge in [-0.2, -0.15) is 5.10 Å². The molecule has 1 aromatic heterocycles. The topological polar surface area (TPSA) is 78.1 Å². The highest BCUT2D eigenvalue weighted by atomic mass is 16.2. The average molecular weight is 298 g/mol. The van der Waals surface area contributed by atoms with Crippen molar-refractivity contribution < 1.29 is 4.79 Å². The van der Waals surface area contributed by atoms with Gasteiger partial charge >= 0.3 is 0 Å². The van der Waals surface area contributed by atoms with E-state index in [0.717, 1.165) is 29.9 Å². The van der Waals surface area contributed by atoms with Gasteiger partial charge in [0.2, 0.25) is 5.91 Å². The van der Waals surface area contributed by atoms with Crippen LogP contribution in [0.2, 0.25) is 0 Å². The van der Waals surface area contributed by atoms with Crippen molar-refractivity contribution in [2.24, 2.45) is 5.92 Å². The molecule has 1 aliphatic heterocycles. The van der Waals surface area contributed by atoms with Crippen LogP contribution < -0.4 is 15.8 Å². The molecule has 2 heterocycles. The van der Waals surface area contributed by atoms with Gasteiger partial charge in [0.15, 0.2) is 0 Å². The van der Waals surface area contributed by atoms with Crippen molar-refractivity contribution in [1.29, 1.82) is 0 Å². The van der Waals surface area contributed by atoms with Crippen LogP contribution in [0.25, 0.3) is 0 Å². The Morgan fingerprint density at radius 2 is 2.14 bits per heavy atom. The Labute approximate surface area is 128 Å². The van der Waals surface area contributed by atoms with Crippen LogP contribution >= 0.6 is 0 Å². The Hall–Kier alpha value is -2.63. The summed E-state index contributed by atoms with van der Waals surface area (Å²) in [6, 6.07) is 9.26. The quantitative estimate of drug-likeness (QED) is 0.901. The monoisotopic (exact) mass is 298 g/mol. The van der Waals surface area contributed by atoms with Crippen molar-refractivity contribution in [2.45, 2.75) is 13.3 Å². The molecular formula is C16H18N4O2. The third kappa shape index (κ3) is 3.16. The molecular weight excluding hydrogens is 280 g/mol. The first kappa shape index (κ1) is 14.3. The lowest BCUT2D eigenvalue weighted by Crippen LogP contribution is -2.27. The highest BCUT2D eigenvalue weighted by Crippen LogP contribution is 2.23. The second-order valence-corrected chi connectivity index (χ2v) is 5.59. The van der Waals surface area contributed by atoms with E-state index in [1.54, 1.807) is 6.20 Å². The summed E-state index contributed by atoms with van der Waals surface area (Å²) in [6.45, 7) is 3.36. The van der Waals surface area contributed by atoms with E-state index in [4.69, 9.17) is 0 Å². The number of rotatable bonds is 3. The molecule has 0 bridgehead atoms. The molecule has 6 nitrogen and oxygen atoms in total. The Kier molecular flexibility index (Phi) is 3.91. The van der Waals surface area contributed by atoms with Gasteiger partial charge in [-0.05, 0) is 25.5 Å². The summed E-state index contributed by atoms with van der Waals surface area (Å²) in [4.78, 5) is 25.6. The van der Waals surface area contributed by atoms with Gasteiger partial charge in [0.05, 0.1) is 17.8 Å². The number of carbonyl (C=O) groups excluding carboxylic acids is 1. The summed E-state index contributed by atoms with van der Waals surface area (Å²) in [5.41, 5.74) is 2.50. The molecule has 1 aliphatic rings. The summed E-state index contributed by atoms with van der Waals surface area (Å²) in [6.07, 6.45) is 2.38. The predicted molar refractivity (Wildman–Crippen MR) is 85.0 cm³/mol. The van der Waals surface area contributed by atoms with Crippen molar-refractivity contribution in [1.82, 2.24) is 10.2 Å². The molecule has 114 valence electrons. The van der Waals surface area contributed by atoms with Gasteiger partial charge in [0, 0.05) is 24.8 Å². The van der Waals surface area contributed by atoms with Gasteiger partial charge in [-0.3, -0.25) is 9.59 Å². The van der Waals surface area contributed by atoms with Gasteiger partial charge < -0.3 is 10.2 Å². The molecule has 1 atom stereocenters. The molecule has 1 aromatic carbocycles. The number of hydrogen-bond acceptors (Lipinski definition) is 4. The Bertz CT molecular complexity index is 723. The van der Waals surface area contributed by atoms with Crippen molar-refractivity contribution in [3.63, 3.8) is 0 Å². The molecule has 2 N–H and O–H groups in total. The van der Waals surface area contributed by atoms with Crippen LogP contribution in [0.15, 0.2) is 41.3 Å². The zero-order chi connectivity index (χ0) is 15.5. The van der Waals surface area contributed by atoms with Gasteiger partial charge in [-0.15, -0.1) is 0 Å². The van der Waals surface area contributed by atoms with Crippen LogP contribution in [0.5, 0.6) is 0 Å². The third-order valence-corrected chi connectivity index (χ3v) is 3.89. The molecule has 6 heteroatoms. The van der Waals surface area contributed by atoms with E-state index in [2.05, 4.69) is 15.5 Å². The largest absolute Gasteiger partial charge is 0.369 e. The van der Waals surface area contributed by atoms with Crippen LogP contribution in [0.1, 0.15) is 12.0 Å². The fourth-order valence-electron chi connectivity index (χ4n) is 2.63. The molecule has 0 saturated carbocycles. The van der Waals surface area contributed by atoms with Crippen LogP contribution in [-0.2, 0) is 4.79 Å². The zero-order valence-corrected chi connectivity index (χ0v) is 12.4. The molecule has 0 radical (unpaired) electrons. The first-order chi connectivity index (χ1) is 10.6. The van der Waals surface area contributed by atoms with Crippen LogP contribution in [0, 0.1) is 12.8 Å². The fourth-order valence-corrected chi connectivity index (χ4v) is 2.63. The molecule has 22 heavy (non-hydrogen) atoms. The van der Waals surface area contributed by atoms with Crippen LogP contribution in [0.4, 0.5) is 11.4 Å². The summed E-state index contributed by atoms with van der Waals surface area (Å²) in [5, 5.41) is 9.10. The zero-order valence-electron chi connectivity index (χ0n) is 12.4. The number of nitrogens with zero attached hydrogens (tertiary/aromatic N) is 2. The van der Waals surface area contributed by atoms with E-state index in [-0.39, 0.29) is 17.4 Å². The lowest BCUT2D eigenvalue weighted by Gasteiger charge is -2.17. The second-order valence-electron chi connectivity index (χ2n) is 5.59. The lowest BCUT2D eigenvalue weighted by atomic mass is 10.1. The first-order valence-corrected chi connectivity index (χ1v) is 7.29. The fraction of sp³-hybridized carbons (Fsp3) is 0.312. The maximum absolute atomic E-state index is 12.3. The van der Waals surface area contributed by atoms with Crippen molar-refractivity contribution in [3.05, 3.63) is 52.4 Å². The minimum Gasteiger partial charge on any atom is -0.369 e. The Morgan fingerprint density at radius 1 is 1.36 bits per heavy atom. The van der Waals surface area contributed by atoms with E-state index < -0.39 is 0 Å². The van der Waals surface area contributed by atoms with Crippen molar-refractivity contribution in [2.75, 3.05) is 23.3 Å². The summed E-state index contributed by atoms with van der Waals surface area (Å²) in [5.74, 6) is -0.0651. The predicted octanol–water partition coefficient (Wildman–Crippen LogP) is 1.54. The number of benzene rings is 1. The van der Waals surface area contributed by atoms with E-state index >= 15 is 0 Å². The molecule has 1 unspecified atom stereocenters. The number of amides is 1. The Morgan fingerprint density at radius 3 is 2.86 bits per heavy atom. The van der Waals surface area contributed by atoms with Crippen molar-refractivity contribution in [3.8, 4) is 0 Å². The van der Waals surface area contributed by atoms with E-state index in [1.807, 2.05) is 36.1 Å². The van der Waals surface area contributed by atoms with Gasteiger partial charge in [0.25, 0.3) is 5.56 Å². The number of aromatic nitrogens is 2. The van der Waals surface area contributed by atoms with Crippen LogP contribution in [0.3, 0.4) is 0 Å². The van der Waals surface area contributed by atoms with E-state index in [0.29, 0.717) is 6.54 Å². The number of anilines is 2. The minimum atomic E-state index is -0.231. The number of carbonyl (C=O) groups is 1. The molecule has 0 spiro atoms. The van der Waals surface area contributed by atoms with Crippen molar-refractivity contribution >= 4 is 17.3 Å². The lowest BCUT2D eigenvalue weighted by molar-refractivity contribution is -0.119. The third-order valence-electron chi connectivity index (χ3n) is 3.89. The highest BCUT2D eigenvalue weighted by molar-refractivity contribution is 5.93. The second kappa shape index (κ2) is 6.01. The van der Waals surface area contributed by atoms with E-state index in [9.17, 15) is 9.59 Å². The molecule has 3 rings (SSSR count). The molecule has 1 saturated heterocycles. The maximum Gasteiger partial charge on any atom is 0.266 e. The summed E-state index contributed by atoms with van der Waals surface area (Å²) < 4.78 is 0. The van der Waals surface area contributed by atoms with Gasteiger partial charge in [-0.1, -0.05) is 17.7 Å². The number of H-pyrrole nitrogens is 1. The molecule has 2 aromatic rings. The number of hydrogen-bond donors (Lipinski definition) is 2. The Balaban J connectivity index is 1.63. The molecule has 1 amide bonds. The minimum absolute atomic E-state index is 0.0177. The number of aromatic amines is 1. The normalized spacial score (nSPS) is 17.5.